The Morgan fingerprint density at radius 3 is 1.73 bits per heavy atom. The fourth-order valence-electron chi connectivity index (χ4n) is 1.84. The van der Waals surface area contributed by atoms with Gasteiger partial charge in [-0.25, -0.2) is 4.98 Å². The van der Waals surface area contributed by atoms with Gasteiger partial charge in [0.25, 0.3) is 5.91 Å². The summed E-state index contributed by atoms with van der Waals surface area (Å²) >= 11 is -2.96. The summed E-state index contributed by atoms with van der Waals surface area (Å²) in [6.45, 7) is 0. The van der Waals surface area contributed by atoms with Crippen molar-refractivity contribution in [3.63, 3.8) is 0 Å². The fraction of sp³-hybridized carbons (Fsp3) is 0. The largest absolute Gasteiger partial charge is 0.320 e. The molecule has 1 amide bonds. The molecule has 0 unspecified atom stereocenters. The number of carbonyl (C=O) groups is 1. The van der Waals surface area contributed by atoms with Crippen molar-refractivity contribution in [2.24, 2.45) is 0 Å². The number of nitrogens with one attached hydrogen (secondary N) is 1. The molecular weight excluding hydrogens is 462 g/mol. The molecule has 1 N–H and O–H groups in total. The van der Waals surface area contributed by atoms with E-state index in [0.29, 0.717) is 0 Å². The third-order valence-electron chi connectivity index (χ3n) is 2.89. The van der Waals surface area contributed by atoms with Crippen LogP contribution in [0.1, 0.15) is 10.4 Å². The molecule has 0 aliphatic rings. The normalized spacial score (nSPS) is 10.8. The van der Waals surface area contributed by atoms with E-state index in [2.05, 4.69) is 10.3 Å². The Morgan fingerprint density at radius 1 is 0.846 bits per heavy atom. The van der Waals surface area contributed by atoms with E-state index in [1.54, 1.807) is 0 Å². The van der Waals surface area contributed by atoms with E-state index in [4.69, 9.17) is 0 Å². The van der Waals surface area contributed by atoms with Crippen LogP contribution in [0, 0.1) is 5.95 Å². The first-order valence-electron chi connectivity index (χ1n) is 6.12. The Balaban J connectivity index is 2.64. The lowest BCUT2D eigenvalue weighted by Crippen LogP contribution is -2.14. The van der Waals surface area contributed by atoms with Crippen LogP contribution in [0.25, 0.3) is 0 Å². The second-order valence-electron chi connectivity index (χ2n) is 4.23. The van der Waals surface area contributed by atoms with Gasteiger partial charge in [0.2, 0.25) is 5.95 Å². The van der Waals surface area contributed by atoms with Crippen molar-refractivity contribution >= 4 is 72.3 Å². The zero-order chi connectivity index (χ0) is 19.3. The van der Waals surface area contributed by atoms with Gasteiger partial charge in [-0.3, -0.25) is 4.79 Å². The van der Waals surface area contributed by atoms with Gasteiger partial charge in [0.1, 0.15) is 0 Å². The molecule has 0 aliphatic heterocycles. The summed E-state index contributed by atoms with van der Waals surface area (Å²) < 4.78 is 79.4. The molecule has 1 aromatic carbocycles. The molecule has 0 saturated carbocycles. The van der Waals surface area contributed by atoms with Gasteiger partial charge in [-0.1, -0.05) is 0 Å². The highest BCUT2D eigenvalue weighted by Crippen LogP contribution is 2.54. The summed E-state index contributed by atoms with van der Waals surface area (Å²) in [5.41, 5.74) is -0.861. The lowest BCUT2D eigenvalue weighted by atomic mass is 10.2. The van der Waals surface area contributed by atoms with Crippen molar-refractivity contribution in [1.29, 1.82) is 0 Å². The number of pyridine rings is 1. The molecular formula is C12H4F6N2OS5. The lowest BCUT2D eigenvalue weighted by Gasteiger charge is -2.18. The number of aromatic nitrogens is 1. The van der Waals surface area contributed by atoms with Crippen LogP contribution in [-0.2, 0) is 0 Å². The predicted octanol–water partition coefficient (Wildman–Crippen LogP) is 7.36. The van der Waals surface area contributed by atoms with Crippen LogP contribution in [-0.4, -0.2) is 10.9 Å². The minimum Gasteiger partial charge on any atom is -0.320 e. The van der Waals surface area contributed by atoms with Crippen LogP contribution >= 0.6 is 60.7 Å². The molecule has 140 valence electrons. The van der Waals surface area contributed by atoms with Crippen molar-refractivity contribution in [3.05, 3.63) is 29.8 Å². The van der Waals surface area contributed by atoms with Crippen LogP contribution in [0.2, 0.25) is 0 Å². The molecule has 3 nitrogen and oxygen atoms in total. The molecule has 2 aromatic rings. The summed E-state index contributed by atoms with van der Waals surface area (Å²) in [5.74, 6) is -2.00. The van der Waals surface area contributed by atoms with Gasteiger partial charge in [-0.15, -0.1) is 0 Å². The van der Waals surface area contributed by atoms with E-state index in [1.165, 1.54) is 0 Å². The average molecular weight is 467 g/mol. The van der Waals surface area contributed by atoms with E-state index >= 15 is 0 Å². The number of carbonyl (C=O) groups excluding carboxylic acids is 1. The molecule has 0 spiro atoms. The van der Waals surface area contributed by atoms with Crippen LogP contribution in [0.3, 0.4) is 0 Å². The number of nitrogens with zero attached hydrogens (tertiary/aromatic N) is 1. The summed E-state index contributed by atoms with van der Waals surface area (Å²) in [4.78, 5) is 12.1. The molecule has 0 bridgehead atoms. The number of anilines is 1. The summed E-state index contributed by atoms with van der Waals surface area (Å²) in [6.07, 6.45) is 0.981. The Labute approximate surface area is 165 Å². The highest BCUT2D eigenvalue weighted by Gasteiger charge is 2.29. The van der Waals surface area contributed by atoms with Gasteiger partial charge in [0.05, 0.1) is 90.9 Å². The quantitative estimate of drug-likeness (QED) is 0.338. The third-order valence-corrected chi connectivity index (χ3v) is 6.22. The van der Waals surface area contributed by atoms with Gasteiger partial charge in [-0.05, 0) is 6.07 Å². The molecule has 0 saturated heterocycles. The van der Waals surface area contributed by atoms with E-state index < -0.39 is 103 Å². The molecule has 0 aliphatic carbocycles. The number of benzene rings is 1. The highest BCUT2D eigenvalue weighted by atomic mass is 32.2. The maximum absolute atomic E-state index is 13.4. The van der Waals surface area contributed by atoms with Crippen molar-refractivity contribution in [1.82, 2.24) is 4.98 Å². The number of amides is 1. The molecule has 2 rings (SSSR count). The first-order valence-corrected chi connectivity index (χ1v) is 9.70. The topological polar surface area (TPSA) is 42.0 Å². The molecule has 0 fully saturated rings. The van der Waals surface area contributed by atoms with E-state index in [9.17, 15) is 28.6 Å². The second kappa shape index (κ2) is 9.92. The van der Waals surface area contributed by atoms with Crippen LogP contribution in [0.5, 0.6) is 0 Å². The van der Waals surface area contributed by atoms with Crippen LogP contribution < -0.4 is 5.32 Å². The Kier molecular flexibility index (Phi) is 8.19. The first-order chi connectivity index (χ1) is 12.5. The van der Waals surface area contributed by atoms with Gasteiger partial charge < -0.3 is 5.32 Å². The predicted molar refractivity (Wildman–Crippen MR) is 93.4 cm³/mol. The Morgan fingerprint density at radius 2 is 1.31 bits per heavy atom. The summed E-state index contributed by atoms with van der Waals surface area (Å²) in [6, 6.07) is 1.87. The Bertz CT molecular complexity index is 794. The van der Waals surface area contributed by atoms with Gasteiger partial charge in [0, 0.05) is 17.8 Å². The molecule has 1 aromatic heterocycles. The van der Waals surface area contributed by atoms with E-state index in [1.807, 2.05) is 0 Å². The van der Waals surface area contributed by atoms with Crippen molar-refractivity contribution in [2.45, 2.75) is 24.5 Å². The average Bonchev–Trinajstić information content (AvgIpc) is 2.66. The minimum atomic E-state index is -1.01. The van der Waals surface area contributed by atoms with Crippen LogP contribution in [0.4, 0.5) is 29.5 Å². The molecule has 14 heteroatoms. The minimum absolute atomic E-state index is 0.255. The zero-order valence-electron chi connectivity index (χ0n) is 11.9. The number of halogens is 6. The monoisotopic (exact) mass is 466 g/mol. The van der Waals surface area contributed by atoms with Crippen molar-refractivity contribution < 1.29 is 28.6 Å². The number of hydrogen-bond acceptors (Lipinski definition) is 7. The number of rotatable bonds is 7. The lowest BCUT2D eigenvalue weighted by molar-refractivity contribution is 0.102. The first kappa shape index (κ1) is 21.5. The van der Waals surface area contributed by atoms with Gasteiger partial charge in [0.15, 0.2) is 0 Å². The Hall–Kier alpha value is -0.830. The second-order valence-corrected chi connectivity index (χ2v) is 7.04. The zero-order valence-corrected chi connectivity index (χ0v) is 16.0. The molecule has 0 atom stereocenters. The summed E-state index contributed by atoms with van der Waals surface area (Å²) in [5, 5.41) is 2.08. The summed E-state index contributed by atoms with van der Waals surface area (Å²) in [7, 11) is 0. The third kappa shape index (κ3) is 4.35. The maximum Gasteiger partial charge on any atom is 0.255 e. The molecule has 1 heterocycles. The molecule has 0 radical (unpaired) electrons. The van der Waals surface area contributed by atoms with Crippen molar-refractivity contribution in [3.8, 4) is 0 Å². The molecule has 26 heavy (non-hydrogen) atoms. The smallest absolute Gasteiger partial charge is 0.255 e. The fourth-order valence-corrected chi connectivity index (χ4v) is 4.69. The van der Waals surface area contributed by atoms with Crippen LogP contribution in [0.15, 0.2) is 42.8 Å². The van der Waals surface area contributed by atoms with E-state index in [-0.39, 0.29) is 5.56 Å². The van der Waals surface area contributed by atoms with Gasteiger partial charge >= 0.3 is 0 Å². The van der Waals surface area contributed by atoms with E-state index in [0.717, 1.165) is 18.3 Å². The van der Waals surface area contributed by atoms with Crippen molar-refractivity contribution in [2.75, 3.05) is 5.32 Å². The number of hydrogen-bond donors (Lipinski definition) is 1. The SMILES string of the molecule is O=C(Nc1c(SF)c(SF)c(SF)c(SF)c1SF)c1ccnc(F)c1. The highest BCUT2D eigenvalue weighted by molar-refractivity contribution is 8.00. The standard InChI is InChI=1S/C12H4F6N2OS5/c13-5-3-4(1-2-19-5)12(21)20-6-7(22-14)9(24-16)11(26-18)10(25-17)8(6)23-15/h1-3H,(H,20,21). The maximum atomic E-state index is 13.4. The van der Waals surface area contributed by atoms with Gasteiger partial charge in [-0.2, -0.15) is 23.8 Å².